The predicted molar refractivity (Wildman–Crippen MR) is 103 cm³/mol. The van der Waals surface area contributed by atoms with Gasteiger partial charge in [-0.1, -0.05) is 30.3 Å². The van der Waals surface area contributed by atoms with Crippen LogP contribution in [0.3, 0.4) is 0 Å². The first-order valence-corrected chi connectivity index (χ1v) is 9.18. The Bertz CT molecular complexity index is 866. The van der Waals surface area contributed by atoms with Crippen molar-refractivity contribution >= 4 is 11.4 Å². The highest BCUT2D eigenvalue weighted by Gasteiger charge is 2.39. The molecule has 0 spiro atoms. The molecule has 3 rings (SSSR count). The standard InChI is InChI=1S/C21H24F3N3O/c1-20(2,28)15-8-6-14(7-9-15)16-10-11-17(27(3)12-13-4-5-13)19(26-25)18(16)21(22,23)24/h6-11,13,25,28H,4-5,12H2,1-3H3. The Hall–Kier alpha value is -2.41. The summed E-state index contributed by atoms with van der Waals surface area (Å²) in [5.41, 5.74) is 6.35. The van der Waals surface area contributed by atoms with Gasteiger partial charge in [-0.05, 0) is 55.4 Å². The van der Waals surface area contributed by atoms with Crippen LogP contribution in [0.2, 0.25) is 0 Å². The summed E-state index contributed by atoms with van der Waals surface area (Å²) in [5.74, 6) is 0.493. The Morgan fingerprint density at radius 1 is 1.11 bits per heavy atom. The topological polar surface area (TPSA) is 59.7 Å². The monoisotopic (exact) mass is 391 g/mol. The number of anilines is 1. The largest absolute Gasteiger partial charge is 0.419 e. The summed E-state index contributed by atoms with van der Waals surface area (Å²) in [6, 6.07) is 9.37. The van der Waals surface area contributed by atoms with E-state index in [9.17, 15) is 18.3 Å². The third-order valence-electron chi connectivity index (χ3n) is 5.09. The van der Waals surface area contributed by atoms with Gasteiger partial charge in [-0.3, -0.25) is 0 Å². The predicted octanol–water partition coefficient (Wildman–Crippen LogP) is 6.11. The van der Waals surface area contributed by atoms with Crippen molar-refractivity contribution in [3.8, 4) is 11.1 Å². The van der Waals surface area contributed by atoms with Crippen LogP contribution in [-0.4, -0.2) is 18.7 Å². The van der Waals surface area contributed by atoms with Gasteiger partial charge in [-0.15, -0.1) is 0 Å². The van der Waals surface area contributed by atoms with Crippen LogP contribution >= 0.6 is 0 Å². The number of hydrogen-bond donors (Lipinski definition) is 2. The number of halogens is 3. The molecule has 2 aromatic rings. The molecular formula is C21H24F3N3O. The van der Waals surface area contributed by atoms with Gasteiger partial charge in [-0.2, -0.15) is 18.3 Å². The molecule has 28 heavy (non-hydrogen) atoms. The molecule has 0 aromatic heterocycles. The summed E-state index contributed by atoms with van der Waals surface area (Å²) < 4.78 is 41.9. The molecule has 0 unspecified atom stereocenters. The van der Waals surface area contributed by atoms with Gasteiger partial charge in [0.2, 0.25) is 0 Å². The Labute approximate surface area is 162 Å². The first-order chi connectivity index (χ1) is 13.0. The second kappa shape index (κ2) is 7.20. The van der Waals surface area contributed by atoms with Gasteiger partial charge in [0.25, 0.3) is 0 Å². The number of alkyl halides is 3. The summed E-state index contributed by atoms with van der Waals surface area (Å²) in [4.78, 5) is 1.75. The van der Waals surface area contributed by atoms with E-state index in [4.69, 9.17) is 5.53 Å². The van der Waals surface area contributed by atoms with Gasteiger partial charge in [0.1, 0.15) is 5.69 Å². The molecule has 2 aromatic carbocycles. The fraction of sp³-hybridized carbons (Fsp3) is 0.429. The lowest BCUT2D eigenvalue weighted by atomic mass is 9.92. The van der Waals surface area contributed by atoms with Crippen LogP contribution in [0.15, 0.2) is 41.5 Å². The number of nitrogens with zero attached hydrogens (tertiary/aromatic N) is 2. The van der Waals surface area contributed by atoms with E-state index in [0.717, 1.165) is 12.8 Å². The number of benzene rings is 2. The van der Waals surface area contributed by atoms with E-state index < -0.39 is 17.3 Å². The molecule has 150 valence electrons. The molecule has 4 nitrogen and oxygen atoms in total. The highest BCUT2D eigenvalue weighted by atomic mass is 19.4. The van der Waals surface area contributed by atoms with Gasteiger partial charge in [-0.25, -0.2) is 5.53 Å². The average Bonchev–Trinajstić information content (AvgIpc) is 3.42. The van der Waals surface area contributed by atoms with E-state index >= 15 is 0 Å². The van der Waals surface area contributed by atoms with Crippen molar-refractivity contribution in [2.75, 3.05) is 18.5 Å². The summed E-state index contributed by atoms with van der Waals surface area (Å²) in [7, 11) is 1.74. The zero-order chi connectivity index (χ0) is 20.7. The van der Waals surface area contributed by atoms with Crippen molar-refractivity contribution in [1.82, 2.24) is 0 Å². The fourth-order valence-corrected chi connectivity index (χ4v) is 3.37. The lowest BCUT2D eigenvalue weighted by Gasteiger charge is -2.24. The van der Waals surface area contributed by atoms with Crippen LogP contribution in [-0.2, 0) is 11.8 Å². The van der Waals surface area contributed by atoms with Crippen LogP contribution in [0.25, 0.3) is 11.1 Å². The second-order valence-corrected chi connectivity index (χ2v) is 7.93. The summed E-state index contributed by atoms with van der Waals surface area (Å²) in [6.07, 6.45) is -2.49. The van der Waals surface area contributed by atoms with Gasteiger partial charge in [0.15, 0.2) is 0 Å². The zero-order valence-corrected chi connectivity index (χ0v) is 16.1. The minimum atomic E-state index is -4.65. The van der Waals surface area contributed by atoms with Gasteiger partial charge in [0.05, 0.1) is 16.9 Å². The Kier molecular flexibility index (Phi) is 5.23. The molecule has 0 saturated heterocycles. The zero-order valence-electron chi connectivity index (χ0n) is 16.1. The number of hydrogen-bond acceptors (Lipinski definition) is 4. The third-order valence-corrected chi connectivity index (χ3v) is 5.09. The minimum Gasteiger partial charge on any atom is -0.386 e. The Morgan fingerprint density at radius 3 is 2.18 bits per heavy atom. The lowest BCUT2D eigenvalue weighted by molar-refractivity contribution is -0.136. The van der Waals surface area contributed by atoms with Crippen molar-refractivity contribution in [3.63, 3.8) is 0 Å². The molecule has 0 heterocycles. The summed E-state index contributed by atoms with van der Waals surface area (Å²) in [5, 5.41) is 13.3. The highest BCUT2D eigenvalue weighted by molar-refractivity contribution is 5.82. The number of aliphatic hydroxyl groups is 1. The van der Waals surface area contributed by atoms with E-state index in [1.165, 1.54) is 6.07 Å². The lowest BCUT2D eigenvalue weighted by Crippen LogP contribution is -2.21. The first kappa shape index (κ1) is 20.3. The normalized spacial score (nSPS) is 14.8. The van der Waals surface area contributed by atoms with Gasteiger partial charge < -0.3 is 10.0 Å². The average molecular weight is 391 g/mol. The molecule has 0 radical (unpaired) electrons. The van der Waals surface area contributed by atoms with Gasteiger partial charge >= 0.3 is 6.18 Å². The first-order valence-electron chi connectivity index (χ1n) is 9.18. The maximum atomic E-state index is 14.0. The summed E-state index contributed by atoms with van der Waals surface area (Å²) in [6.45, 7) is 3.88. The van der Waals surface area contributed by atoms with E-state index in [1.54, 1.807) is 56.1 Å². The smallest absolute Gasteiger partial charge is 0.386 e. The van der Waals surface area contributed by atoms with Crippen LogP contribution < -0.4 is 4.90 Å². The molecular weight excluding hydrogens is 367 g/mol. The molecule has 0 aliphatic heterocycles. The quantitative estimate of drug-likeness (QED) is 0.584. The molecule has 0 bridgehead atoms. The third kappa shape index (κ3) is 4.19. The molecule has 0 amide bonds. The summed E-state index contributed by atoms with van der Waals surface area (Å²) >= 11 is 0. The SMILES string of the molecule is CN(CC1CC1)c1ccc(-c2ccc(C(C)(C)O)cc2)c(C(F)(F)F)c1N=N. The molecule has 2 N–H and O–H groups in total. The molecule has 1 aliphatic rings. The Balaban J connectivity index is 2.11. The molecule has 1 saturated carbocycles. The maximum absolute atomic E-state index is 14.0. The van der Waals surface area contributed by atoms with E-state index in [1.807, 2.05) is 0 Å². The van der Waals surface area contributed by atoms with Crippen LogP contribution in [0.5, 0.6) is 0 Å². The van der Waals surface area contributed by atoms with E-state index in [0.29, 0.717) is 29.3 Å². The molecule has 0 atom stereocenters. The van der Waals surface area contributed by atoms with Crippen molar-refractivity contribution in [2.24, 2.45) is 11.0 Å². The minimum absolute atomic E-state index is 0.0237. The molecule has 1 fully saturated rings. The van der Waals surface area contributed by atoms with Crippen molar-refractivity contribution in [2.45, 2.75) is 38.5 Å². The highest BCUT2D eigenvalue weighted by Crippen LogP contribution is 2.47. The Morgan fingerprint density at radius 2 is 1.71 bits per heavy atom. The van der Waals surface area contributed by atoms with Crippen LogP contribution in [0.1, 0.15) is 37.8 Å². The number of nitrogens with one attached hydrogen (secondary N) is 1. The van der Waals surface area contributed by atoms with Crippen LogP contribution in [0, 0.1) is 11.4 Å². The molecule has 7 heteroatoms. The molecule has 1 aliphatic carbocycles. The fourth-order valence-electron chi connectivity index (χ4n) is 3.37. The van der Waals surface area contributed by atoms with Gasteiger partial charge in [0, 0.05) is 13.6 Å². The number of rotatable bonds is 6. The van der Waals surface area contributed by atoms with Crippen molar-refractivity contribution < 1.29 is 18.3 Å². The second-order valence-electron chi connectivity index (χ2n) is 7.93. The van der Waals surface area contributed by atoms with Crippen molar-refractivity contribution in [1.29, 1.82) is 5.53 Å². The van der Waals surface area contributed by atoms with E-state index in [-0.39, 0.29) is 11.3 Å². The van der Waals surface area contributed by atoms with E-state index in [2.05, 4.69) is 5.11 Å². The van der Waals surface area contributed by atoms with Crippen LogP contribution in [0.4, 0.5) is 24.5 Å². The maximum Gasteiger partial charge on any atom is 0.419 e. The van der Waals surface area contributed by atoms with Crippen molar-refractivity contribution in [3.05, 3.63) is 47.5 Å².